The molecule has 2 radical (unpaired) electrons. The van der Waals surface area contributed by atoms with E-state index in [9.17, 15) is 0 Å². The van der Waals surface area contributed by atoms with Gasteiger partial charge in [0.25, 0.3) is 0 Å². The largest absolute Gasteiger partial charge is 0.168 e. The first-order valence-corrected chi connectivity index (χ1v) is 7.88. The fourth-order valence-corrected chi connectivity index (χ4v) is 1.41. The molecule has 2 heteroatoms. The van der Waals surface area contributed by atoms with Crippen LogP contribution in [0.15, 0.2) is 60.7 Å². The summed E-state index contributed by atoms with van der Waals surface area (Å²) in [7, 11) is 2.97. The van der Waals surface area contributed by atoms with Crippen molar-refractivity contribution >= 4 is 18.4 Å². The second kappa shape index (κ2) is 12.7. The third-order valence-corrected chi connectivity index (χ3v) is 2.13. The van der Waals surface area contributed by atoms with Gasteiger partial charge in [-0.1, -0.05) is 6.07 Å². The molecular weight excluding hydrogens is 268 g/mol. The topological polar surface area (TPSA) is 0 Å². The average Bonchev–Trinajstić information content (AvgIpc) is 3.06. The van der Waals surface area contributed by atoms with Gasteiger partial charge in [0.05, 0.1) is 0 Å². The van der Waals surface area contributed by atoms with Crippen LogP contribution in [0.25, 0.3) is 10.8 Å². The smallest absolute Gasteiger partial charge is 0.0809 e. The van der Waals surface area contributed by atoms with Crippen molar-refractivity contribution in [2.45, 2.75) is 6.42 Å². The number of allylic oxidation sites excluding steroid dienone is 4. The normalized spacial score (nSPS) is 10.2. The quantitative estimate of drug-likeness (QED) is 0.498. The Morgan fingerprint density at radius 3 is 2.33 bits per heavy atom. The van der Waals surface area contributed by atoms with Crippen LogP contribution in [0.3, 0.4) is 0 Å². The number of fused-ring (bicyclic) bond motifs is 1. The molecule has 0 N–H and O–H groups in total. The molecule has 0 heterocycles. The van der Waals surface area contributed by atoms with Crippen LogP contribution in [0.2, 0.25) is 0 Å². The first-order valence-electron chi connectivity index (χ1n) is 5.04. The van der Waals surface area contributed by atoms with Gasteiger partial charge < -0.3 is 14.9 Å². The van der Waals surface area contributed by atoms with Crippen molar-refractivity contribution in [3.05, 3.63) is 81.6 Å². The fourth-order valence-electron chi connectivity index (χ4n) is 1.41. The zero-order valence-electron chi connectivity index (χ0n) is 11.0. The summed E-state index contributed by atoms with van der Waals surface area (Å²) in [6, 6.07) is 14.7. The summed E-state index contributed by atoms with van der Waals surface area (Å²) in [5.41, 5.74) is 0. The average molecular weight is 286 g/mol. The molecule has 1 aliphatic rings. The Kier molecular flexibility index (Phi) is 13.8. The molecule has 0 spiro atoms. The Hall–Kier alpha value is -0.759. The molecule has 0 nitrogen and oxygen atoms in total. The van der Waals surface area contributed by atoms with E-state index in [-0.39, 0.29) is 14.9 Å². The van der Waals surface area contributed by atoms with E-state index < -0.39 is 0 Å². The maximum Gasteiger partial charge on any atom is -0.0809 e. The van der Waals surface area contributed by atoms with E-state index in [1.807, 2.05) is 12.2 Å². The second-order valence-electron chi connectivity index (χ2n) is 3.16. The first kappa shape index (κ1) is 19.6. The molecule has 1 aliphatic carbocycles. The van der Waals surface area contributed by atoms with Gasteiger partial charge >= 0.3 is 26.8 Å². The van der Waals surface area contributed by atoms with Crippen molar-refractivity contribution in [1.29, 1.82) is 0 Å². The van der Waals surface area contributed by atoms with Crippen molar-refractivity contribution in [1.82, 2.24) is 0 Å². The van der Waals surface area contributed by atoms with E-state index >= 15 is 0 Å². The van der Waals surface area contributed by atoms with Gasteiger partial charge in [-0.15, -0.1) is 36.1 Å². The number of hydrogen-bond donors (Lipinski definition) is 0. The molecule has 0 saturated carbocycles. The molecule has 0 amide bonds. The Morgan fingerprint density at radius 2 is 1.83 bits per heavy atom. The van der Waals surface area contributed by atoms with Crippen LogP contribution in [0.4, 0.5) is 0 Å². The van der Waals surface area contributed by atoms with Crippen molar-refractivity contribution < 1.29 is 19.2 Å². The van der Waals surface area contributed by atoms with Gasteiger partial charge in [-0.2, -0.15) is 23.6 Å². The zero-order valence-corrected chi connectivity index (χ0v) is 13.5. The number of benzene rings is 1. The van der Waals surface area contributed by atoms with Gasteiger partial charge in [-0.3, -0.25) is 6.08 Å². The van der Waals surface area contributed by atoms with E-state index in [4.69, 9.17) is 0 Å². The summed E-state index contributed by atoms with van der Waals surface area (Å²) in [6.07, 6.45) is 10.0. The van der Waals surface area contributed by atoms with Crippen LogP contribution in [-0.4, -0.2) is 7.63 Å². The van der Waals surface area contributed by atoms with Gasteiger partial charge in [-0.25, -0.2) is 12.2 Å². The molecular formula is C16H18SiTi-4. The minimum absolute atomic E-state index is 0. The van der Waals surface area contributed by atoms with Crippen LogP contribution in [0.1, 0.15) is 6.42 Å². The van der Waals surface area contributed by atoms with E-state index in [0.717, 1.165) is 6.42 Å². The summed E-state index contributed by atoms with van der Waals surface area (Å²) in [5.74, 6) is 0. The maximum absolute atomic E-state index is 2.99. The second-order valence-corrected chi connectivity index (χ2v) is 3.16. The molecule has 2 aromatic rings. The minimum Gasteiger partial charge on any atom is -0.168 e. The monoisotopic (exact) mass is 286 g/mol. The molecule has 0 aromatic heterocycles. The van der Waals surface area contributed by atoms with Crippen molar-refractivity contribution in [2.75, 3.05) is 0 Å². The Balaban J connectivity index is 0. The summed E-state index contributed by atoms with van der Waals surface area (Å²) in [4.78, 5) is 0. The molecule has 94 valence electrons. The van der Waals surface area contributed by atoms with Crippen LogP contribution < -0.4 is 0 Å². The molecule has 3 rings (SSSR count). The first-order chi connectivity index (χ1) is 7.97. The molecule has 0 atom stereocenters. The predicted molar refractivity (Wildman–Crippen MR) is 79.7 cm³/mol. The molecule has 0 fully saturated rings. The van der Waals surface area contributed by atoms with Crippen LogP contribution in [-0.2, 0) is 19.2 Å². The van der Waals surface area contributed by atoms with Crippen molar-refractivity contribution in [3.8, 4) is 0 Å². The minimum atomic E-state index is 0. The Morgan fingerprint density at radius 1 is 1.11 bits per heavy atom. The van der Waals surface area contributed by atoms with Gasteiger partial charge in [0.15, 0.2) is 0 Å². The van der Waals surface area contributed by atoms with Gasteiger partial charge in [0.1, 0.15) is 0 Å². The molecule has 18 heavy (non-hydrogen) atoms. The maximum atomic E-state index is 2.99. The zero-order chi connectivity index (χ0) is 11.6. The van der Waals surface area contributed by atoms with Crippen molar-refractivity contribution in [2.24, 2.45) is 0 Å². The molecule has 2 aromatic carbocycles. The van der Waals surface area contributed by atoms with Crippen LogP contribution >= 0.6 is 0 Å². The van der Waals surface area contributed by atoms with E-state index in [1.54, 1.807) is 19.2 Å². The fraction of sp³-hybridized carbons (Fsp3) is 0.0625. The van der Waals surface area contributed by atoms with Crippen molar-refractivity contribution in [3.63, 3.8) is 0 Å². The summed E-state index contributed by atoms with van der Waals surface area (Å²) >= 11 is 1.81. The SMILES string of the molecule is [C-]1=CC=CC1.[CH3-].[CH3-].[Si]=[Ti].c1ccc2[cH-]ccc2c1. The summed E-state index contributed by atoms with van der Waals surface area (Å²) in [5, 5.41) is 2.66. The third kappa shape index (κ3) is 6.85. The van der Waals surface area contributed by atoms with Gasteiger partial charge in [0, 0.05) is 0 Å². The van der Waals surface area contributed by atoms with Gasteiger partial charge in [0.2, 0.25) is 0 Å². The third-order valence-electron chi connectivity index (χ3n) is 2.13. The molecule has 0 unspecified atom stereocenters. The number of rotatable bonds is 0. The van der Waals surface area contributed by atoms with Crippen LogP contribution in [0, 0.1) is 20.9 Å². The molecule has 0 aliphatic heterocycles. The van der Waals surface area contributed by atoms with E-state index in [2.05, 4.69) is 62.2 Å². The summed E-state index contributed by atoms with van der Waals surface area (Å²) in [6.45, 7) is 0. The Labute approximate surface area is 125 Å². The van der Waals surface area contributed by atoms with E-state index in [0.29, 0.717) is 0 Å². The molecule has 0 bridgehead atoms. The molecule has 0 saturated heterocycles. The van der Waals surface area contributed by atoms with Gasteiger partial charge in [-0.05, 0) is 0 Å². The van der Waals surface area contributed by atoms with Crippen LogP contribution in [0.5, 0.6) is 0 Å². The predicted octanol–water partition coefficient (Wildman–Crippen LogP) is 4.38. The standard InChI is InChI=1S/C9H7.C5H5.2CH3.Si.Ti/c1-2-5-9-7-3-6-8(9)4-1;1-2-4-5-3-1;;;;/h1-7H;1-3H,4H2;2*1H3;;/q4*-1;;. The van der Waals surface area contributed by atoms with E-state index in [1.165, 1.54) is 10.8 Å². The summed E-state index contributed by atoms with van der Waals surface area (Å²) < 4.78 is 0. The number of hydrogen-bond acceptors (Lipinski definition) is 0. The Bertz CT molecular complexity index is 428.